The molecule has 34 heavy (non-hydrogen) atoms. The highest BCUT2D eigenvalue weighted by Gasteiger charge is 2.34. The fourth-order valence-corrected chi connectivity index (χ4v) is 4.10. The minimum absolute atomic E-state index is 0.0465. The van der Waals surface area contributed by atoms with Gasteiger partial charge in [0.05, 0.1) is 12.0 Å². The Hall–Kier alpha value is -3.71. The van der Waals surface area contributed by atoms with Gasteiger partial charge >= 0.3 is 11.7 Å². The van der Waals surface area contributed by atoms with Crippen LogP contribution in [-0.4, -0.2) is 56.4 Å². The summed E-state index contributed by atoms with van der Waals surface area (Å²) < 4.78 is 12.1. The Balaban J connectivity index is 1.57. The van der Waals surface area contributed by atoms with E-state index in [9.17, 15) is 24.0 Å². The van der Waals surface area contributed by atoms with Gasteiger partial charge < -0.3 is 14.8 Å². The molecule has 1 N–H and O–H groups in total. The van der Waals surface area contributed by atoms with Gasteiger partial charge in [-0.05, 0) is 23.8 Å². The fraction of sp³-hybridized carbons (Fsp3) is 0.238. The number of aromatic nitrogens is 2. The van der Waals surface area contributed by atoms with Crippen molar-refractivity contribution in [3.05, 3.63) is 61.6 Å². The summed E-state index contributed by atoms with van der Waals surface area (Å²) in [5, 5.41) is 2.33. The third-order valence-corrected chi connectivity index (χ3v) is 6.11. The molecule has 2 aromatic rings. The normalized spacial score (nSPS) is 14.4. The monoisotopic (exact) mass is 504 g/mol. The lowest BCUT2D eigenvalue weighted by Crippen LogP contribution is -2.38. The molecule has 1 aromatic carbocycles. The van der Waals surface area contributed by atoms with Gasteiger partial charge in [0.1, 0.15) is 22.4 Å². The van der Waals surface area contributed by atoms with Gasteiger partial charge in [0.15, 0.2) is 6.61 Å². The Morgan fingerprint density at radius 3 is 2.44 bits per heavy atom. The molecule has 0 atom stereocenters. The Labute approximate surface area is 202 Å². The summed E-state index contributed by atoms with van der Waals surface area (Å²) in [6.07, 6.45) is 1.64. The van der Waals surface area contributed by atoms with Crippen LogP contribution < -0.4 is 21.3 Å². The lowest BCUT2D eigenvalue weighted by atomic mass is 10.2. The van der Waals surface area contributed by atoms with Gasteiger partial charge in [-0.25, -0.2) is 4.79 Å². The van der Waals surface area contributed by atoms with Gasteiger partial charge in [0.25, 0.3) is 17.4 Å². The third kappa shape index (κ3) is 5.61. The van der Waals surface area contributed by atoms with Crippen molar-refractivity contribution in [3.8, 4) is 5.75 Å². The highest BCUT2D eigenvalue weighted by molar-refractivity contribution is 8.26. The maximum atomic E-state index is 12.7. The summed E-state index contributed by atoms with van der Waals surface area (Å²) in [5.74, 6) is -1.44. The van der Waals surface area contributed by atoms with E-state index in [-0.39, 0.29) is 10.1 Å². The highest BCUT2D eigenvalue weighted by atomic mass is 32.2. The molecule has 2 heterocycles. The van der Waals surface area contributed by atoms with E-state index in [0.717, 1.165) is 37.4 Å². The number of nitrogens with zero attached hydrogens (tertiary/aromatic N) is 3. The summed E-state index contributed by atoms with van der Waals surface area (Å²) in [6.45, 7) is -1.15. The van der Waals surface area contributed by atoms with Crippen molar-refractivity contribution in [2.24, 2.45) is 14.1 Å². The SMILES string of the molecule is COc1ccc(C=C2SC(=S)N(CC(=O)OCC(=O)Nc3cc(=O)n(C)c(=O)n3C)C2=O)cc1. The Kier molecular flexibility index (Phi) is 7.68. The summed E-state index contributed by atoms with van der Waals surface area (Å²) in [4.78, 5) is 62.0. The Morgan fingerprint density at radius 1 is 1.12 bits per heavy atom. The molecule has 1 aliphatic heterocycles. The van der Waals surface area contributed by atoms with Crippen LogP contribution in [0.25, 0.3) is 6.08 Å². The zero-order chi connectivity index (χ0) is 25.0. The summed E-state index contributed by atoms with van der Waals surface area (Å²) in [6, 6.07) is 8.12. The van der Waals surface area contributed by atoms with Crippen molar-refractivity contribution < 1.29 is 23.9 Å². The highest BCUT2D eigenvalue weighted by Crippen LogP contribution is 2.32. The maximum Gasteiger partial charge on any atom is 0.332 e. The van der Waals surface area contributed by atoms with Gasteiger partial charge in [0, 0.05) is 20.2 Å². The maximum absolute atomic E-state index is 12.7. The molecule has 0 radical (unpaired) electrons. The van der Waals surface area contributed by atoms with Crippen molar-refractivity contribution in [1.29, 1.82) is 0 Å². The number of carbonyl (C=O) groups excluding carboxylic acids is 3. The first-order valence-electron chi connectivity index (χ1n) is 9.72. The van der Waals surface area contributed by atoms with E-state index < -0.39 is 42.2 Å². The molecule has 1 saturated heterocycles. The predicted molar refractivity (Wildman–Crippen MR) is 129 cm³/mol. The first-order chi connectivity index (χ1) is 16.1. The molecule has 11 nitrogen and oxygen atoms in total. The van der Waals surface area contributed by atoms with E-state index in [2.05, 4.69) is 5.32 Å². The second-order valence-corrected chi connectivity index (χ2v) is 8.69. The Bertz CT molecular complexity index is 1310. The first-order valence-corrected chi connectivity index (χ1v) is 10.9. The van der Waals surface area contributed by atoms with Crippen molar-refractivity contribution in [2.45, 2.75) is 0 Å². The summed E-state index contributed by atoms with van der Waals surface area (Å²) >= 11 is 6.24. The van der Waals surface area contributed by atoms with Crippen LogP contribution in [0, 0.1) is 0 Å². The van der Waals surface area contributed by atoms with Crippen LogP contribution in [0.15, 0.2) is 44.8 Å². The van der Waals surface area contributed by atoms with E-state index in [1.54, 1.807) is 37.5 Å². The standard InChI is InChI=1S/C21H20N4O7S2/c1-23-15(9-17(27)24(2)20(23)30)22-16(26)11-32-18(28)10-25-19(29)14(34-21(25)33)8-12-4-6-13(31-3)7-5-12/h4-9H,10-11H2,1-3H3,(H,22,26). The number of anilines is 1. The van der Waals surface area contributed by atoms with Crippen molar-refractivity contribution >= 4 is 58.0 Å². The molecule has 178 valence electrons. The minimum atomic E-state index is -0.852. The van der Waals surface area contributed by atoms with E-state index in [4.69, 9.17) is 21.7 Å². The molecular formula is C21H20N4O7S2. The van der Waals surface area contributed by atoms with Crippen LogP contribution in [0.3, 0.4) is 0 Å². The molecule has 0 aliphatic carbocycles. The number of rotatable bonds is 7. The number of carbonyl (C=O) groups is 3. The largest absolute Gasteiger partial charge is 0.497 e. The van der Waals surface area contributed by atoms with Gasteiger partial charge in [-0.15, -0.1) is 0 Å². The lowest BCUT2D eigenvalue weighted by molar-refractivity contribution is -0.149. The number of hydrogen-bond donors (Lipinski definition) is 1. The molecule has 3 rings (SSSR count). The molecule has 2 amide bonds. The zero-order valence-electron chi connectivity index (χ0n) is 18.4. The number of hydrogen-bond acceptors (Lipinski definition) is 9. The van der Waals surface area contributed by atoms with E-state index in [0.29, 0.717) is 10.7 Å². The topological polar surface area (TPSA) is 129 Å². The number of nitrogens with one attached hydrogen (secondary N) is 1. The molecule has 0 unspecified atom stereocenters. The lowest BCUT2D eigenvalue weighted by Gasteiger charge is -2.14. The molecule has 0 bridgehead atoms. The fourth-order valence-electron chi connectivity index (χ4n) is 2.84. The molecular weight excluding hydrogens is 484 g/mol. The van der Waals surface area contributed by atoms with Crippen LogP contribution in [0.2, 0.25) is 0 Å². The van der Waals surface area contributed by atoms with Crippen LogP contribution in [0.1, 0.15) is 5.56 Å². The number of thiocarbonyl (C=S) groups is 1. The number of thioether (sulfide) groups is 1. The summed E-state index contributed by atoms with van der Waals surface area (Å²) in [5.41, 5.74) is -0.477. The zero-order valence-corrected chi connectivity index (χ0v) is 20.0. The minimum Gasteiger partial charge on any atom is -0.497 e. The van der Waals surface area contributed by atoms with Crippen molar-refractivity contribution in [3.63, 3.8) is 0 Å². The molecule has 1 fully saturated rings. The van der Waals surface area contributed by atoms with Crippen LogP contribution in [0.4, 0.5) is 5.82 Å². The third-order valence-electron chi connectivity index (χ3n) is 4.73. The van der Waals surface area contributed by atoms with Crippen molar-refractivity contribution in [1.82, 2.24) is 14.0 Å². The first kappa shape index (κ1) is 24.9. The van der Waals surface area contributed by atoms with Crippen LogP contribution in [0.5, 0.6) is 5.75 Å². The van der Waals surface area contributed by atoms with Gasteiger partial charge in [-0.2, -0.15) is 0 Å². The predicted octanol–water partition coefficient (Wildman–Crippen LogP) is 0.476. The quantitative estimate of drug-likeness (QED) is 0.325. The van der Waals surface area contributed by atoms with Gasteiger partial charge in [0.2, 0.25) is 0 Å². The molecule has 0 saturated carbocycles. The smallest absolute Gasteiger partial charge is 0.332 e. The molecule has 1 aromatic heterocycles. The number of ether oxygens (including phenoxy) is 2. The number of amides is 2. The van der Waals surface area contributed by atoms with Crippen LogP contribution >= 0.6 is 24.0 Å². The average Bonchev–Trinajstić information content (AvgIpc) is 3.07. The number of benzene rings is 1. The second kappa shape index (κ2) is 10.5. The number of methoxy groups -OCH3 is 1. The van der Waals surface area contributed by atoms with E-state index in [1.165, 1.54) is 14.1 Å². The van der Waals surface area contributed by atoms with Gasteiger partial charge in [-0.1, -0.05) is 36.1 Å². The molecule has 1 aliphatic rings. The molecule has 0 spiro atoms. The second-order valence-electron chi connectivity index (χ2n) is 7.02. The Morgan fingerprint density at radius 2 is 1.79 bits per heavy atom. The van der Waals surface area contributed by atoms with E-state index in [1.807, 2.05) is 0 Å². The van der Waals surface area contributed by atoms with Crippen molar-refractivity contribution in [2.75, 3.05) is 25.6 Å². The van der Waals surface area contributed by atoms with E-state index >= 15 is 0 Å². The number of esters is 1. The van der Waals surface area contributed by atoms with Crippen LogP contribution in [-0.2, 0) is 33.2 Å². The summed E-state index contributed by atoms with van der Waals surface area (Å²) in [7, 11) is 4.23. The van der Waals surface area contributed by atoms with Gasteiger partial charge in [-0.3, -0.25) is 33.2 Å². The average molecular weight is 505 g/mol. The molecule has 13 heteroatoms.